The van der Waals surface area contributed by atoms with Crippen molar-refractivity contribution in [2.45, 2.75) is 13.1 Å². The predicted octanol–water partition coefficient (Wildman–Crippen LogP) is 4.35. The van der Waals surface area contributed by atoms with E-state index in [1.54, 1.807) is 12.3 Å². The van der Waals surface area contributed by atoms with Crippen molar-refractivity contribution in [3.8, 4) is 5.75 Å². The number of ether oxygens (including phenoxy) is 1. The zero-order chi connectivity index (χ0) is 25.5. The Balaban J connectivity index is 1.30. The molecule has 0 saturated carbocycles. The molecule has 0 bridgehead atoms. The number of hydrogen-bond acceptors (Lipinski definition) is 7. The van der Waals surface area contributed by atoms with Gasteiger partial charge in [0.25, 0.3) is 5.91 Å². The van der Waals surface area contributed by atoms with Crippen molar-refractivity contribution < 1.29 is 9.53 Å². The molecule has 36 heavy (non-hydrogen) atoms. The SMILES string of the molecule is CN(C)CCOc1ccc(CNc2ncc(C(=O)NCc3ccc4c(N)nccc4c3)cc2Cl)cc1. The van der Waals surface area contributed by atoms with Gasteiger partial charge in [-0.05, 0) is 60.9 Å². The molecule has 0 radical (unpaired) electrons. The topological polar surface area (TPSA) is 105 Å². The molecule has 0 aliphatic carbocycles. The number of hydrogen-bond donors (Lipinski definition) is 3. The summed E-state index contributed by atoms with van der Waals surface area (Å²) in [4.78, 5) is 23.2. The van der Waals surface area contributed by atoms with Crippen LogP contribution in [0, 0.1) is 0 Å². The molecule has 0 spiro atoms. The standard InChI is InChI=1S/C27H29ClN6O2/c1-34(2)11-12-36-22-6-3-18(4-7-22)15-31-26-24(28)14-21(17-32-26)27(35)33-16-19-5-8-23-20(13-19)9-10-30-25(23)29/h3-10,13-14,17H,11-12,15-16H2,1-2H3,(H2,29,30)(H,31,32)(H,33,35). The summed E-state index contributed by atoms with van der Waals surface area (Å²) in [7, 11) is 4.02. The van der Waals surface area contributed by atoms with Gasteiger partial charge in [0.1, 0.15) is 24.0 Å². The third kappa shape index (κ3) is 6.62. The molecule has 0 fully saturated rings. The summed E-state index contributed by atoms with van der Waals surface area (Å²) in [5, 5.41) is 8.35. The minimum atomic E-state index is -0.254. The van der Waals surface area contributed by atoms with Gasteiger partial charge in [-0.3, -0.25) is 4.79 Å². The van der Waals surface area contributed by atoms with Crippen LogP contribution in [-0.4, -0.2) is 48.0 Å². The summed E-state index contributed by atoms with van der Waals surface area (Å²) in [6.07, 6.45) is 3.18. The molecule has 1 amide bonds. The van der Waals surface area contributed by atoms with Crippen LogP contribution in [0.4, 0.5) is 11.6 Å². The Kier molecular flexibility index (Phi) is 8.20. The van der Waals surface area contributed by atoms with Gasteiger partial charge in [-0.1, -0.05) is 35.9 Å². The van der Waals surface area contributed by atoms with Gasteiger partial charge >= 0.3 is 0 Å². The van der Waals surface area contributed by atoms with Crippen LogP contribution in [0.25, 0.3) is 10.8 Å². The van der Waals surface area contributed by atoms with Crippen LogP contribution in [0.1, 0.15) is 21.5 Å². The molecular formula is C27H29ClN6O2. The average molecular weight is 505 g/mol. The number of nitrogens with one attached hydrogen (secondary N) is 2. The molecule has 2 aromatic carbocycles. The van der Waals surface area contributed by atoms with E-state index in [2.05, 4.69) is 25.5 Å². The van der Waals surface area contributed by atoms with Crippen molar-refractivity contribution >= 4 is 39.9 Å². The average Bonchev–Trinajstić information content (AvgIpc) is 2.87. The first-order valence-corrected chi connectivity index (χ1v) is 11.9. The summed E-state index contributed by atoms with van der Waals surface area (Å²) in [5.41, 5.74) is 8.30. The van der Waals surface area contributed by atoms with Crippen molar-refractivity contribution in [3.05, 3.63) is 88.7 Å². The monoisotopic (exact) mass is 504 g/mol. The molecule has 0 aliphatic heterocycles. The number of nitrogen functional groups attached to an aromatic ring is 1. The lowest BCUT2D eigenvalue weighted by Crippen LogP contribution is -2.23. The lowest BCUT2D eigenvalue weighted by atomic mass is 10.1. The van der Waals surface area contributed by atoms with Crippen LogP contribution < -0.4 is 21.1 Å². The molecule has 186 valence electrons. The number of fused-ring (bicyclic) bond motifs is 1. The summed E-state index contributed by atoms with van der Waals surface area (Å²) in [6, 6.07) is 17.2. The Hall–Kier alpha value is -3.88. The second-order valence-electron chi connectivity index (χ2n) is 8.64. The number of amides is 1. The summed E-state index contributed by atoms with van der Waals surface area (Å²) in [5.74, 6) is 1.58. The first-order valence-electron chi connectivity index (χ1n) is 11.6. The van der Waals surface area contributed by atoms with E-state index in [0.717, 1.165) is 34.2 Å². The molecule has 4 N–H and O–H groups in total. The van der Waals surface area contributed by atoms with Crippen molar-refractivity contribution in [2.24, 2.45) is 0 Å². The highest BCUT2D eigenvalue weighted by molar-refractivity contribution is 6.33. The third-order valence-corrected chi connectivity index (χ3v) is 5.89. The maximum Gasteiger partial charge on any atom is 0.253 e. The molecule has 9 heteroatoms. The quantitative estimate of drug-likeness (QED) is 0.295. The van der Waals surface area contributed by atoms with E-state index in [-0.39, 0.29) is 5.91 Å². The molecule has 8 nitrogen and oxygen atoms in total. The lowest BCUT2D eigenvalue weighted by Gasteiger charge is -2.12. The number of carbonyl (C=O) groups is 1. The Labute approximate surface area is 215 Å². The molecule has 0 unspecified atom stereocenters. The summed E-state index contributed by atoms with van der Waals surface area (Å²) < 4.78 is 5.72. The maximum absolute atomic E-state index is 12.6. The number of anilines is 2. The molecule has 2 aromatic heterocycles. The number of aromatic nitrogens is 2. The molecule has 4 rings (SSSR count). The minimum absolute atomic E-state index is 0.254. The first-order chi connectivity index (χ1) is 17.4. The largest absolute Gasteiger partial charge is 0.492 e. The van der Waals surface area contributed by atoms with Crippen LogP contribution in [0.2, 0.25) is 5.02 Å². The van der Waals surface area contributed by atoms with Crippen LogP contribution in [-0.2, 0) is 13.1 Å². The predicted molar refractivity (Wildman–Crippen MR) is 144 cm³/mol. The van der Waals surface area contributed by atoms with Crippen molar-refractivity contribution in [3.63, 3.8) is 0 Å². The van der Waals surface area contributed by atoms with E-state index in [4.69, 9.17) is 22.1 Å². The van der Waals surface area contributed by atoms with Crippen LogP contribution in [0.15, 0.2) is 67.0 Å². The van der Waals surface area contributed by atoms with Crippen LogP contribution in [0.5, 0.6) is 5.75 Å². The fraction of sp³-hybridized carbons (Fsp3) is 0.222. The third-order valence-electron chi connectivity index (χ3n) is 5.61. The highest BCUT2D eigenvalue weighted by atomic mass is 35.5. The molecule has 2 heterocycles. The van der Waals surface area contributed by atoms with Gasteiger partial charge in [0.2, 0.25) is 0 Å². The Morgan fingerprint density at radius 2 is 1.81 bits per heavy atom. The number of likely N-dealkylation sites (N-methyl/N-ethyl adjacent to an activating group) is 1. The van der Waals surface area contributed by atoms with Gasteiger partial charge in [0, 0.05) is 37.4 Å². The smallest absolute Gasteiger partial charge is 0.253 e. The first kappa shape index (κ1) is 25.2. The number of nitrogens with two attached hydrogens (primary N) is 1. The molecule has 0 aliphatic rings. The Morgan fingerprint density at radius 1 is 1.03 bits per heavy atom. The minimum Gasteiger partial charge on any atom is -0.492 e. The fourth-order valence-corrected chi connectivity index (χ4v) is 3.81. The molecular weight excluding hydrogens is 476 g/mol. The van der Waals surface area contributed by atoms with Crippen LogP contribution in [0.3, 0.4) is 0 Å². The normalized spacial score (nSPS) is 11.0. The van der Waals surface area contributed by atoms with Gasteiger partial charge in [0.05, 0.1) is 10.6 Å². The molecule has 4 aromatic rings. The zero-order valence-corrected chi connectivity index (χ0v) is 21.0. The second-order valence-corrected chi connectivity index (χ2v) is 9.05. The van der Waals surface area contributed by atoms with E-state index in [9.17, 15) is 4.79 Å². The second kappa shape index (κ2) is 11.7. The summed E-state index contributed by atoms with van der Waals surface area (Å²) in [6.45, 7) is 2.40. The van der Waals surface area contributed by atoms with Gasteiger partial charge in [0.15, 0.2) is 0 Å². The van der Waals surface area contributed by atoms with Crippen molar-refractivity contribution in [1.82, 2.24) is 20.2 Å². The fourth-order valence-electron chi connectivity index (χ4n) is 3.57. The van der Waals surface area contributed by atoms with Crippen molar-refractivity contribution in [1.29, 1.82) is 0 Å². The van der Waals surface area contributed by atoms with Gasteiger partial charge in [-0.15, -0.1) is 0 Å². The van der Waals surface area contributed by atoms with Gasteiger partial charge in [-0.25, -0.2) is 9.97 Å². The zero-order valence-electron chi connectivity index (χ0n) is 20.3. The Morgan fingerprint density at radius 3 is 2.56 bits per heavy atom. The number of halogens is 1. The van der Waals surface area contributed by atoms with Gasteiger partial charge < -0.3 is 26.0 Å². The van der Waals surface area contributed by atoms with E-state index in [0.29, 0.717) is 41.9 Å². The van der Waals surface area contributed by atoms with Crippen LogP contribution >= 0.6 is 11.6 Å². The maximum atomic E-state index is 12.6. The van der Waals surface area contributed by atoms with E-state index >= 15 is 0 Å². The van der Waals surface area contributed by atoms with E-state index in [1.165, 1.54) is 6.20 Å². The van der Waals surface area contributed by atoms with Crippen molar-refractivity contribution in [2.75, 3.05) is 38.3 Å². The number of carbonyl (C=O) groups excluding carboxylic acids is 1. The molecule has 0 atom stereocenters. The van der Waals surface area contributed by atoms with E-state index in [1.807, 2.05) is 62.6 Å². The number of nitrogens with zero attached hydrogens (tertiary/aromatic N) is 3. The highest BCUT2D eigenvalue weighted by Crippen LogP contribution is 2.22. The Bertz CT molecular complexity index is 1340. The number of rotatable bonds is 10. The highest BCUT2D eigenvalue weighted by Gasteiger charge is 2.11. The van der Waals surface area contributed by atoms with E-state index < -0.39 is 0 Å². The lowest BCUT2D eigenvalue weighted by molar-refractivity contribution is 0.0950. The summed E-state index contributed by atoms with van der Waals surface area (Å²) >= 11 is 6.40. The number of benzene rings is 2. The molecule has 0 saturated heterocycles. The number of pyridine rings is 2. The van der Waals surface area contributed by atoms with Gasteiger partial charge in [-0.2, -0.15) is 0 Å².